The third-order valence-electron chi connectivity index (χ3n) is 7.70. The SMILES string of the molecule is C[C@H]1CN([C@@H](C)CO)C(=O)Cc2cc(NC(=O)Nc3ccc4c(c3)OCO4)ccc2O[C@@H]1CN(C)C(=O)Nc1ccc(F)cc1. The Bertz CT molecular complexity index is 1550. The molecule has 238 valence electrons. The van der Waals surface area contributed by atoms with Crippen LogP contribution in [0.25, 0.3) is 0 Å². The lowest BCUT2D eigenvalue weighted by molar-refractivity contribution is -0.134. The summed E-state index contributed by atoms with van der Waals surface area (Å²) in [5.41, 5.74) is 1.92. The first-order valence-electron chi connectivity index (χ1n) is 14.5. The summed E-state index contributed by atoms with van der Waals surface area (Å²) in [5, 5.41) is 18.2. The van der Waals surface area contributed by atoms with E-state index in [0.29, 0.717) is 39.9 Å². The monoisotopic (exact) mass is 621 g/mol. The maximum absolute atomic E-state index is 13.5. The normalized spacial score (nSPS) is 18.0. The number of nitrogens with one attached hydrogen (secondary N) is 3. The Labute approximate surface area is 260 Å². The number of urea groups is 2. The van der Waals surface area contributed by atoms with E-state index < -0.39 is 30.0 Å². The zero-order valence-electron chi connectivity index (χ0n) is 25.2. The Morgan fingerprint density at radius 1 is 0.978 bits per heavy atom. The van der Waals surface area contributed by atoms with Crippen molar-refractivity contribution in [3.63, 3.8) is 0 Å². The van der Waals surface area contributed by atoms with Crippen molar-refractivity contribution in [2.24, 2.45) is 5.92 Å². The Balaban J connectivity index is 1.33. The molecule has 0 aromatic heterocycles. The van der Waals surface area contributed by atoms with Gasteiger partial charge in [0.05, 0.1) is 25.6 Å². The van der Waals surface area contributed by atoms with Crippen LogP contribution in [0.15, 0.2) is 60.7 Å². The van der Waals surface area contributed by atoms with Gasteiger partial charge in [0.25, 0.3) is 0 Å². The lowest BCUT2D eigenvalue weighted by atomic mass is 10.0. The second-order valence-electron chi connectivity index (χ2n) is 11.2. The van der Waals surface area contributed by atoms with E-state index in [-0.39, 0.29) is 44.7 Å². The average molecular weight is 622 g/mol. The molecule has 2 aliphatic heterocycles. The van der Waals surface area contributed by atoms with Crippen LogP contribution in [-0.4, -0.2) is 78.6 Å². The summed E-state index contributed by atoms with van der Waals surface area (Å²) in [6, 6.07) is 14.2. The minimum absolute atomic E-state index is 0.0285. The van der Waals surface area contributed by atoms with E-state index >= 15 is 0 Å². The Morgan fingerprint density at radius 3 is 2.33 bits per heavy atom. The number of aliphatic hydroxyl groups is 1. The molecule has 0 spiro atoms. The lowest BCUT2D eigenvalue weighted by Gasteiger charge is -2.34. The van der Waals surface area contributed by atoms with Crippen LogP contribution in [0, 0.1) is 11.7 Å². The molecule has 13 heteroatoms. The summed E-state index contributed by atoms with van der Waals surface area (Å²) >= 11 is 0. The molecule has 0 saturated carbocycles. The Hall–Kier alpha value is -5.04. The van der Waals surface area contributed by atoms with Crippen LogP contribution in [0.5, 0.6) is 17.2 Å². The molecule has 0 bridgehead atoms. The van der Waals surface area contributed by atoms with Crippen LogP contribution in [0.4, 0.5) is 31.0 Å². The molecule has 3 aromatic rings. The first-order valence-corrected chi connectivity index (χ1v) is 14.5. The minimum Gasteiger partial charge on any atom is -0.488 e. The van der Waals surface area contributed by atoms with Crippen molar-refractivity contribution in [1.29, 1.82) is 0 Å². The zero-order valence-corrected chi connectivity index (χ0v) is 25.2. The molecule has 0 fully saturated rings. The van der Waals surface area contributed by atoms with Gasteiger partial charge in [0.15, 0.2) is 11.5 Å². The molecule has 4 N–H and O–H groups in total. The van der Waals surface area contributed by atoms with Crippen LogP contribution in [0.1, 0.15) is 19.4 Å². The third-order valence-corrected chi connectivity index (χ3v) is 7.70. The maximum Gasteiger partial charge on any atom is 0.323 e. The van der Waals surface area contributed by atoms with Crippen molar-refractivity contribution in [3.05, 3.63) is 72.0 Å². The second-order valence-corrected chi connectivity index (χ2v) is 11.2. The number of halogens is 1. The third kappa shape index (κ3) is 7.73. The number of amides is 5. The van der Waals surface area contributed by atoms with Crippen molar-refractivity contribution in [1.82, 2.24) is 9.80 Å². The zero-order chi connectivity index (χ0) is 32.1. The largest absolute Gasteiger partial charge is 0.488 e. The van der Waals surface area contributed by atoms with Crippen LogP contribution >= 0.6 is 0 Å². The first kappa shape index (κ1) is 31.4. The highest BCUT2D eigenvalue weighted by atomic mass is 19.1. The maximum atomic E-state index is 13.5. The summed E-state index contributed by atoms with van der Waals surface area (Å²) in [6.45, 7) is 4.03. The predicted octanol–water partition coefficient (Wildman–Crippen LogP) is 4.51. The molecule has 5 amide bonds. The number of carbonyl (C=O) groups is 3. The van der Waals surface area contributed by atoms with Crippen LogP contribution < -0.4 is 30.2 Å². The summed E-state index contributed by atoms with van der Waals surface area (Å²) in [7, 11) is 1.62. The van der Waals surface area contributed by atoms with Gasteiger partial charge in [-0.25, -0.2) is 14.0 Å². The van der Waals surface area contributed by atoms with E-state index in [1.807, 2.05) is 6.92 Å². The van der Waals surface area contributed by atoms with Gasteiger partial charge >= 0.3 is 12.1 Å². The molecule has 3 atom stereocenters. The fourth-order valence-electron chi connectivity index (χ4n) is 5.10. The van der Waals surface area contributed by atoms with Crippen molar-refractivity contribution < 1.29 is 38.1 Å². The highest BCUT2D eigenvalue weighted by molar-refractivity contribution is 6.00. The highest BCUT2D eigenvalue weighted by Gasteiger charge is 2.32. The fourth-order valence-corrected chi connectivity index (χ4v) is 5.10. The fraction of sp³-hybridized carbons (Fsp3) is 0.344. The van der Waals surface area contributed by atoms with Gasteiger partial charge in [0.2, 0.25) is 12.7 Å². The molecule has 3 aromatic carbocycles. The number of aliphatic hydroxyl groups excluding tert-OH is 1. The predicted molar refractivity (Wildman–Crippen MR) is 165 cm³/mol. The van der Waals surface area contributed by atoms with Crippen molar-refractivity contribution in [2.45, 2.75) is 32.4 Å². The van der Waals surface area contributed by atoms with Gasteiger partial charge in [-0.1, -0.05) is 6.92 Å². The smallest absolute Gasteiger partial charge is 0.323 e. The van der Waals surface area contributed by atoms with E-state index in [4.69, 9.17) is 14.2 Å². The molecule has 45 heavy (non-hydrogen) atoms. The van der Waals surface area contributed by atoms with Gasteiger partial charge in [0.1, 0.15) is 17.7 Å². The number of carbonyl (C=O) groups excluding carboxylic acids is 3. The van der Waals surface area contributed by atoms with E-state index in [1.165, 1.54) is 29.2 Å². The number of hydrogen-bond acceptors (Lipinski definition) is 7. The number of ether oxygens (including phenoxy) is 3. The molecule has 0 aliphatic carbocycles. The van der Waals surface area contributed by atoms with E-state index in [9.17, 15) is 23.9 Å². The minimum atomic E-state index is -0.542. The van der Waals surface area contributed by atoms with E-state index in [2.05, 4.69) is 16.0 Å². The number of likely N-dealkylation sites (N-methyl/N-ethyl adjacent to an activating group) is 1. The molecule has 0 unspecified atom stereocenters. The summed E-state index contributed by atoms with van der Waals surface area (Å²) < 4.78 is 30.4. The van der Waals surface area contributed by atoms with E-state index in [1.54, 1.807) is 55.3 Å². The van der Waals surface area contributed by atoms with Gasteiger partial charge in [-0.15, -0.1) is 0 Å². The number of anilines is 3. The summed E-state index contributed by atoms with van der Waals surface area (Å²) in [6.07, 6.45) is -0.570. The standard InChI is InChI=1S/C32H36FN5O7/c1-19-15-38(20(2)17-39)30(40)13-21-12-24(34-31(41)35-25-9-11-27-28(14-25)44-18-43-27)8-10-26(21)45-29(19)16-37(3)32(42)36-23-6-4-22(33)5-7-23/h4-12,14,19-20,29,39H,13,15-18H2,1-3H3,(H,36,42)(H2,34,35,41)/t19-,20-,29+/m0/s1. The Morgan fingerprint density at radius 2 is 1.62 bits per heavy atom. The number of fused-ring (bicyclic) bond motifs is 2. The molecule has 2 heterocycles. The second kappa shape index (κ2) is 13.7. The number of benzene rings is 3. The van der Waals surface area contributed by atoms with Crippen LogP contribution in [0.2, 0.25) is 0 Å². The molecule has 0 radical (unpaired) electrons. The summed E-state index contributed by atoms with van der Waals surface area (Å²) in [5.74, 6) is 0.712. The van der Waals surface area contributed by atoms with Crippen molar-refractivity contribution in [2.75, 3.05) is 49.5 Å². The molecular formula is C32H36FN5O7. The number of rotatable bonds is 7. The highest BCUT2D eigenvalue weighted by Crippen LogP contribution is 2.34. The number of nitrogens with zero attached hydrogens (tertiary/aromatic N) is 2. The average Bonchev–Trinajstić information content (AvgIpc) is 3.49. The van der Waals surface area contributed by atoms with Gasteiger partial charge in [0, 0.05) is 48.2 Å². The summed E-state index contributed by atoms with van der Waals surface area (Å²) in [4.78, 5) is 42.3. The Kier molecular flexibility index (Phi) is 9.57. The van der Waals surface area contributed by atoms with Crippen LogP contribution in [-0.2, 0) is 11.2 Å². The van der Waals surface area contributed by atoms with Gasteiger partial charge in [-0.2, -0.15) is 0 Å². The van der Waals surface area contributed by atoms with Crippen LogP contribution in [0.3, 0.4) is 0 Å². The van der Waals surface area contributed by atoms with Crippen molar-refractivity contribution >= 4 is 35.0 Å². The van der Waals surface area contributed by atoms with Gasteiger partial charge < -0.3 is 45.1 Å². The van der Waals surface area contributed by atoms with Gasteiger partial charge in [-0.3, -0.25) is 4.79 Å². The molecule has 0 saturated heterocycles. The molecule has 12 nitrogen and oxygen atoms in total. The topological polar surface area (TPSA) is 142 Å². The number of hydrogen-bond donors (Lipinski definition) is 4. The lowest BCUT2D eigenvalue weighted by Crippen LogP contribution is -2.48. The van der Waals surface area contributed by atoms with Crippen molar-refractivity contribution in [3.8, 4) is 17.2 Å². The molecular weight excluding hydrogens is 585 g/mol. The first-order chi connectivity index (χ1) is 21.6. The molecule has 5 rings (SSSR count). The van der Waals surface area contributed by atoms with Gasteiger partial charge in [-0.05, 0) is 61.5 Å². The van der Waals surface area contributed by atoms with E-state index in [0.717, 1.165) is 0 Å². The quantitative estimate of drug-likeness (QED) is 0.304. The molecule has 2 aliphatic rings.